The van der Waals surface area contributed by atoms with Crippen LogP contribution in [0.15, 0.2) is 17.5 Å². The van der Waals surface area contributed by atoms with Crippen LogP contribution in [0.5, 0.6) is 0 Å². The smallest absolute Gasteiger partial charge is 0.240 e. The van der Waals surface area contributed by atoms with Crippen molar-refractivity contribution in [3.8, 4) is 0 Å². The average Bonchev–Trinajstić information content (AvgIpc) is 2.85. The van der Waals surface area contributed by atoms with Crippen LogP contribution in [-0.4, -0.2) is 47.9 Å². The Kier molecular flexibility index (Phi) is 2.86. The van der Waals surface area contributed by atoms with E-state index in [0.29, 0.717) is 12.1 Å². The van der Waals surface area contributed by atoms with Gasteiger partial charge in [-0.1, -0.05) is 0 Å². The SMILES string of the molecule is CN(C)S(=O)(=O)n1cnc([C@@H]2C[C@H]2N=C=O)c1. The highest BCUT2D eigenvalue weighted by atomic mass is 32.2. The maximum atomic E-state index is 11.8. The number of carbonyl (C=O) groups excluding carboxylic acids is 1. The van der Waals surface area contributed by atoms with Gasteiger partial charge in [0.05, 0.1) is 11.7 Å². The first-order valence-corrected chi connectivity index (χ1v) is 6.40. The lowest BCUT2D eigenvalue weighted by atomic mass is 10.3. The Morgan fingerprint density at radius 1 is 1.59 bits per heavy atom. The predicted molar refractivity (Wildman–Crippen MR) is 59.5 cm³/mol. The molecule has 0 N–H and O–H groups in total. The van der Waals surface area contributed by atoms with Gasteiger partial charge < -0.3 is 0 Å². The number of rotatable bonds is 4. The topological polar surface area (TPSA) is 84.6 Å². The van der Waals surface area contributed by atoms with Gasteiger partial charge >= 0.3 is 10.2 Å². The van der Waals surface area contributed by atoms with Gasteiger partial charge in [0, 0.05) is 26.2 Å². The fraction of sp³-hybridized carbons (Fsp3) is 0.556. The minimum atomic E-state index is -3.51. The molecule has 0 aliphatic heterocycles. The van der Waals surface area contributed by atoms with Gasteiger partial charge in [-0.15, -0.1) is 0 Å². The summed E-state index contributed by atoms with van der Waals surface area (Å²) in [6.07, 6.45) is 4.93. The van der Waals surface area contributed by atoms with Crippen molar-refractivity contribution < 1.29 is 13.2 Å². The zero-order chi connectivity index (χ0) is 12.6. The average molecular weight is 256 g/mol. The largest absolute Gasteiger partial charge is 0.308 e. The molecule has 1 aliphatic carbocycles. The van der Waals surface area contributed by atoms with Gasteiger partial charge in [0.1, 0.15) is 6.33 Å². The molecule has 1 aromatic rings. The molecule has 0 amide bonds. The minimum Gasteiger partial charge on any atom is -0.240 e. The van der Waals surface area contributed by atoms with E-state index in [2.05, 4.69) is 9.98 Å². The number of hydrogen-bond donors (Lipinski definition) is 0. The summed E-state index contributed by atoms with van der Waals surface area (Å²) in [4.78, 5) is 17.7. The maximum Gasteiger partial charge on any atom is 0.308 e. The molecule has 1 aliphatic rings. The molecule has 1 saturated carbocycles. The molecule has 1 aromatic heterocycles. The summed E-state index contributed by atoms with van der Waals surface area (Å²) in [6, 6.07) is -0.0992. The van der Waals surface area contributed by atoms with Gasteiger partial charge in [0.15, 0.2) is 0 Å². The standard InChI is InChI=1S/C9H12N4O3S/c1-12(2)17(15,16)13-4-9(10-5-13)7-3-8(7)11-6-14/h4-5,7-8H,3H2,1-2H3/t7-,8-/m1/s1. The van der Waals surface area contributed by atoms with E-state index in [1.807, 2.05) is 0 Å². The van der Waals surface area contributed by atoms with Crippen LogP contribution < -0.4 is 0 Å². The Bertz CT molecular complexity index is 571. The molecule has 8 heteroatoms. The fourth-order valence-corrected chi connectivity index (χ4v) is 2.32. The molecular weight excluding hydrogens is 244 g/mol. The zero-order valence-corrected chi connectivity index (χ0v) is 10.3. The molecule has 92 valence electrons. The highest BCUT2D eigenvalue weighted by Crippen LogP contribution is 2.42. The molecule has 0 radical (unpaired) electrons. The summed E-state index contributed by atoms with van der Waals surface area (Å²) < 4.78 is 25.7. The minimum absolute atomic E-state index is 0.0371. The molecule has 0 spiro atoms. The first-order chi connectivity index (χ1) is 7.96. The zero-order valence-electron chi connectivity index (χ0n) is 9.44. The highest BCUT2D eigenvalue weighted by Gasteiger charge is 2.40. The second-order valence-electron chi connectivity index (χ2n) is 4.05. The molecule has 2 rings (SSSR count). The second kappa shape index (κ2) is 4.06. The van der Waals surface area contributed by atoms with Crippen molar-refractivity contribution in [3.05, 3.63) is 18.2 Å². The Morgan fingerprint density at radius 3 is 2.88 bits per heavy atom. The Morgan fingerprint density at radius 2 is 2.29 bits per heavy atom. The number of imidazole rings is 1. The van der Waals surface area contributed by atoms with Crippen LogP contribution in [0.3, 0.4) is 0 Å². The lowest BCUT2D eigenvalue weighted by Crippen LogP contribution is -2.27. The molecule has 2 atom stereocenters. The van der Waals surface area contributed by atoms with Crippen LogP contribution in [0.1, 0.15) is 18.0 Å². The molecule has 1 fully saturated rings. The van der Waals surface area contributed by atoms with Crippen LogP contribution in [0.4, 0.5) is 0 Å². The lowest BCUT2D eigenvalue weighted by molar-refractivity contribution is 0.510. The Balaban J connectivity index is 2.21. The van der Waals surface area contributed by atoms with Gasteiger partial charge in [-0.3, -0.25) is 0 Å². The third-order valence-corrected chi connectivity index (χ3v) is 4.32. The molecule has 0 aromatic carbocycles. The third-order valence-electron chi connectivity index (χ3n) is 2.66. The van der Waals surface area contributed by atoms with E-state index in [-0.39, 0.29) is 12.0 Å². The van der Waals surface area contributed by atoms with Crippen LogP contribution in [0.2, 0.25) is 0 Å². The monoisotopic (exact) mass is 256 g/mol. The van der Waals surface area contributed by atoms with Crippen molar-refractivity contribution in [1.29, 1.82) is 0 Å². The van der Waals surface area contributed by atoms with Crippen LogP contribution in [-0.2, 0) is 15.0 Å². The first-order valence-electron chi connectivity index (χ1n) is 5.00. The van der Waals surface area contributed by atoms with Crippen molar-refractivity contribution >= 4 is 16.3 Å². The number of aliphatic imine (C=N–C) groups is 1. The van der Waals surface area contributed by atoms with E-state index in [1.165, 1.54) is 32.7 Å². The summed E-state index contributed by atoms with van der Waals surface area (Å²) in [5, 5.41) is 0. The van der Waals surface area contributed by atoms with Crippen molar-refractivity contribution in [2.24, 2.45) is 4.99 Å². The molecule has 0 unspecified atom stereocenters. The van der Waals surface area contributed by atoms with E-state index >= 15 is 0 Å². The van der Waals surface area contributed by atoms with E-state index in [0.717, 1.165) is 8.28 Å². The molecule has 0 bridgehead atoms. The molecule has 17 heavy (non-hydrogen) atoms. The molecular formula is C9H12N4O3S. The molecule has 1 heterocycles. The summed E-state index contributed by atoms with van der Waals surface area (Å²) in [6.45, 7) is 0. The first kappa shape index (κ1) is 12.0. The number of aromatic nitrogens is 2. The van der Waals surface area contributed by atoms with Crippen LogP contribution in [0, 0.1) is 0 Å². The summed E-state index contributed by atoms with van der Waals surface area (Å²) in [7, 11) is -0.612. The lowest BCUT2D eigenvalue weighted by Gasteiger charge is -2.10. The van der Waals surface area contributed by atoms with Crippen LogP contribution >= 0.6 is 0 Å². The van der Waals surface area contributed by atoms with Crippen molar-refractivity contribution in [3.63, 3.8) is 0 Å². The van der Waals surface area contributed by atoms with Gasteiger partial charge in [-0.05, 0) is 6.42 Å². The Hall–Kier alpha value is -1.50. The fourth-order valence-electron chi connectivity index (χ4n) is 1.54. The summed E-state index contributed by atoms with van der Waals surface area (Å²) in [5.74, 6) is 0.0371. The van der Waals surface area contributed by atoms with Crippen LogP contribution in [0.25, 0.3) is 0 Å². The number of hydrogen-bond acceptors (Lipinski definition) is 5. The summed E-state index contributed by atoms with van der Waals surface area (Å²) in [5.41, 5.74) is 0.638. The van der Waals surface area contributed by atoms with E-state index < -0.39 is 10.2 Å². The Labute approximate surface area is 99.0 Å². The quantitative estimate of drug-likeness (QED) is 0.548. The highest BCUT2D eigenvalue weighted by molar-refractivity contribution is 7.87. The van der Waals surface area contributed by atoms with E-state index in [1.54, 1.807) is 0 Å². The molecule has 7 nitrogen and oxygen atoms in total. The van der Waals surface area contributed by atoms with Gasteiger partial charge in [-0.2, -0.15) is 12.7 Å². The van der Waals surface area contributed by atoms with E-state index in [4.69, 9.17) is 0 Å². The predicted octanol–water partition coefficient (Wildman–Crippen LogP) is -0.271. The second-order valence-corrected chi connectivity index (χ2v) is 6.10. The number of isocyanates is 1. The van der Waals surface area contributed by atoms with Crippen molar-refractivity contribution in [2.45, 2.75) is 18.4 Å². The van der Waals surface area contributed by atoms with Crippen molar-refractivity contribution in [1.82, 2.24) is 13.3 Å². The van der Waals surface area contributed by atoms with Gasteiger partial charge in [0.25, 0.3) is 0 Å². The van der Waals surface area contributed by atoms with Gasteiger partial charge in [0.2, 0.25) is 6.08 Å². The van der Waals surface area contributed by atoms with E-state index in [9.17, 15) is 13.2 Å². The van der Waals surface area contributed by atoms with Crippen molar-refractivity contribution in [2.75, 3.05) is 14.1 Å². The third kappa shape index (κ3) is 2.14. The molecule has 0 saturated heterocycles. The summed E-state index contributed by atoms with van der Waals surface area (Å²) >= 11 is 0. The normalized spacial score (nSPS) is 23.5. The maximum absolute atomic E-state index is 11.8. The van der Waals surface area contributed by atoms with Gasteiger partial charge in [-0.25, -0.2) is 18.7 Å². The number of nitrogens with zero attached hydrogens (tertiary/aromatic N) is 4.